The quantitative estimate of drug-likeness (QED) is 0.591. The molecular weight excluding hydrogens is 419 g/mol. The molecule has 0 radical (unpaired) electrons. The highest BCUT2D eigenvalue weighted by Crippen LogP contribution is 2.37. The molecule has 0 aliphatic heterocycles. The van der Waals surface area contributed by atoms with E-state index in [0.29, 0.717) is 10.2 Å². The minimum Gasteiger partial charge on any atom is -0.377 e. The lowest BCUT2D eigenvalue weighted by molar-refractivity contribution is -0.137. The Balaban J connectivity index is 2.27. The minimum atomic E-state index is -4.34. The van der Waals surface area contributed by atoms with Crippen LogP contribution in [0, 0.1) is 0 Å². The molecule has 2 rings (SSSR count). The summed E-state index contributed by atoms with van der Waals surface area (Å²) in [6, 6.07) is 5.40. The molecule has 0 saturated carbocycles. The fourth-order valence-corrected chi connectivity index (χ4v) is 3.81. The lowest BCUT2D eigenvalue weighted by atomic mass is 10.1. The topological polar surface area (TPSA) is 12.0 Å². The highest BCUT2D eigenvalue weighted by Gasteiger charge is 2.31. The molecule has 20 heavy (non-hydrogen) atoms. The van der Waals surface area contributed by atoms with Crippen molar-refractivity contribution in [1.29, 1.82) is 0 Å². The Morgan fingerprint density at radius 1 is 1.15 bits per heavy atom. The average Bonchev–Trinajstić information content (AvgIpc) is 2.77. The number of nitrogens with one attached hydrogen (secondary N) is 1. The van der Waals surface area contributed by atoms with Crippen LogP contribution in [0.25, 0.3) is 0 Å². The molecule has 0 aliphatic carbocycles. The number of rotatable bonds is 3. The van der Waals surface area contributed by atoms with Crippen LogP contribution in [0.2, 0.25) is 0 Å². The molecule has 0 amide bonds. The Labute approximate surface area is 135 Å². The van der Waals surface area contributed by atoms with Gasteiger partial charge in [0.1, 0.15) is 0 Å². The van der Waals surface area contributed by atoms with Crippen molar-refractivity contribution < 1.29 is 13.2 Å². The van der Waals surface area contributed by atoms with E-state index in [9.17, 15) is 13.2 Å². The van der Waals surface area contributed by atoms with E-state index in [-0.39, 0.29) is 6.04 Å². The van der Waals surface area contributed by atoms with Crippen LogP contribution < -0.4 is 5.32 Å². The van der Waals surface area contributed by atoms with Crippen molar-refractivity contribution in [1.82, 2.24) is 0 Å². The summed E-state index contributed by atoms with van der Waals surface area (Å²) in [5.74, 6) is 0. The molecule has 1 atom stereocenters. The van der Waals surface area contributed by atoms with Gasteiger partial charge in [0.25, 0.3) is 0 Å². The second kappa shape index (κ2) is 6.07. The van der Waals surface area contributed by atoms with E-state index in [1.807, 2.05) is 18.4 Å². The fraction of sp³-hybridized carbons (Fsp3) is 0.231. The molecule has 7 heteroatoms. The summed E-state index contributed by atoms with van der Waals surface area (Å²) in [6.45, 7) is 1.91. The summed E-state index contributed by atoms with van der Waals surface area (Å²) in [4.78, 5) is 1.04. The normalized spacial score (nSPS) is 13.3. The first-order valence-corrected chi connectivity index (χ1v) is 8.12. The molecule has 0 bridgehead atoms. The molecule has 1 N–H and O–H groups in total. The van der Waals surface area contributed by atoms with Crippen LogP contribution in [0.1, 0.15) is 23.4 Å². The van der Waals surface area contributed by atoms with Gasteiger partial charge in [-0.15, -0.1) is 11.3 Å². The zero-order valence-electron chi connectivity index (χ0n) is 10.3. The van der Waals surface area contributed by atoms with E-state index in [2.05, 4.69) is 37.2 Å². The van der Waals surface area contributed by atoms with Crippen LogP contribution in [-0.4, -0.2) is 0 Å². The zero-order valence-corrected chi connectivity index (χ0v) is 14.3. The molecule has 108 valence electrons. The van der Waals surface area contributed by atoms with E-state index in [0.717, 1.165) is 21.5 Å². The summed E-state index contributed by atoms with van der Waals surface area (Å²) >= 11 is 8.24. The van der Waals surface area contributed by atoms with Gasteiger partial charge >= 0.3 is 6.18 Å². The van der Waals surface area contributed by atoms with Gasteiger partial charge in [-0.05, 0) is 68.4 Å². The number of anilines is 1. The SMILES string of the molecule is CC(Nc1cc(C(F)(F)F)ccc1Br)c1sccc1Br. The van der Waals surface area contributed by atoms with Gasteiger partial charge in [-0.1, -0.05) is 0 Å². The molecule has 0 saturated heterocycles. The van der Waals surface area contributed by atoms with Gasteiger partial charge in [0.2, 0.25) is 0 Å². The molecule has 2 aromatic rings. The average molecular weight is 429 g/mol. The highest BCUT2D eigenvalue weighted by atomic mass is 79.9. The van der Waals surface area contributed by atoms with Crippen LogP contribution in [0.3, 0.4) is 0 Å². The lowest BCUT2D eigenvalue weighted by Crippen LogP contribution is -2.09. The Hall–Kier alpha value is -0.530. The van der Waals surface area contributed by atoms with Crippen molar-refractivity contribution in [2.75, 3.05) is 5.32 Å². The van der Waals surface area contributed by atoms with Crippen molar-refractivity contribution in [2.24, 2.45) is 0 Å². The molecule has 1 aromatic carbocycles. The van der Waals surface area contributed by atoms with Gasteiger partial charge in [-0.2, -0.15) is 13.2 Å². The fourth-order valence-electron chi connectivity index (χ4n) is 1.73. The van der Waals surface area contributed by atoms with E-state index < -0.39 is 11.7 Å². The molecule has 1 unspecified atom stereocenters. The summed E-state index contributed by atoms with van der Waals surface area (Å²) in [5, 5.41) is 5.03. The van der Waals surface area contributed by atoms with Crippen molar-refractivity contribution in [2.45, 2.75) is 19.1 Å². The molecule has 1 nitrogen and oxygen atoms in total. The number of benzene rings is 1. The van der Waals surface area contributed by atoms with Gasteiger partial charge < -0.3 is 5.32 Å². The first kappa shape index (κ1) is 15.9. The summed E-state index contributed by atoms with van der Waals surface area (Å²) in [5.41, 5.74) is -0.242. The number of halogens is 5. The number of thiophene rings is 1. The first-order valence-electron chi connectivity index (χ1n) is 5.65. The number of alkyl halides is 3. The largest absolute Gasteiger partial charge is 0.416 e. The van der Waals surface area contributed by atoms with Gasteiger partial charge in [0, 0.05) is 19.5 Å². The van der Waals surface area contributed by atoms with Crippen LogP contribution in [0.5, 0.6) is 0 Å². The van der Waals surface area contributed by atoms with Gasteiger partial charge in [-0.25, -0.2) is 0 Å². The van der Waals surface area contributed by atoms with Crippen LogP contribution in [0.15, 0.2) is 38.6 Å². The van der Waals surface area contributed by atoms with Crippen LogP contribution in [-0.2, 0) is 6.18 Å². The molecule has 0 fully saturated rings. The van der Waals surface area contributed by atoms with Crippen molar-refractivity contribution in [3.63, 3.8) is 0 Å². The second-order valence-corrected chi connectivity index (χ2v) is 6.85. The molecule has 0 aliphatic rings. The minimum absolute atomic E-state index is 0.0934. The predicted octanol–water partition coefficient (Wildman–Crippen LogP) is 6.47. The van der Waals surface area contributed by atoms with Gasteiger partial charge in [0.15, 0.2) is 0 Å². The van der Waals surface area contributed by atoms with E-state index in [4.69, 9.17) is 0 Å². The van der Waals surface area contributed by atoms with Gasteiger partial charge in [0.05, 0.1) is 11.6 Å². The maximum Gasteiger partial charge on any atom is 0.416 e. The number of hydrogen-bond acceptors (Lipinski definition) is 2. The highest BCUT2D eigenvalue weighted by molar-refractivity contribution is 9.11. The van der Waals surface area contributed by atoms with Gasteiger partial charge in [-0.3, -0.25) is 0 Å². The maximum atomic E-state index is 12.7. The Bertz CT molecular complexity index is 610. The van der Waals surface area contributed by atoms with Crippen molar-refractivity contribution in [3.05, 3.63) is 49.0 Å². The third-order valence-electron chi connectivity index (χ3n) is 2.70. The van der Waals surface area contributed by atoms with E-state index in [1.165, 1.54) is 6.07 Å². The molecule has 1 aromatic heterocycles. The Morgan fingerprint density at radius 2 is 1.85 bits per heavy atom. The lowest BCUT2D eigenvalue weighted by Gasteiger charge is -2.17. The summed E-state index contributed by atoms with van der Waals surface area (Å²) in [6.07, 6.45) is -4.34. The predicted molar refractivity (Wildman–Crippen MR) is 83.2 cm³/mol. The van der Waals surface area contributed by atoms with Crippen molar-refractivity contribution in [3.8, 4) is 0 Å². The maximum absolute atomic E-state index is 12.7. The van der Waals surface area contributed by atoms with Crippen LogP contribution in [0.4, 0.5) is 18.9 Å². The Kier molecular flexibility index (Phi) is 4.81. The third-order valence-corrected chi connectivity index (χ3v) is 5.45. The summed E-state index contributed by atoms with van der Waals surface area (Å²) < 4.78 is 39.7. The summed E-state index contributed by atoms with van der Waals surface area (Å²) in [7, 11) is 0. The monoisotopic (exact) mass is 427 g/mol. The molecule has 0 spiro atoms. The third kappa shape index (κ3) is 3.56. The smallest absolute Gasteiger partial charge is 0.377 e. The number of hydrogen-bond donors (Lipinski definition) is 1. The van der Waals surface area contributed by atoms with Crippen molar-refractivity contribution >= 4 is 48.9 Å². The molecular formula is C13H10Br2F3NS. The zero-order chi connectivity index (χ0) is 14.9. The van der Waals surface area contributed by atoms with E-state index >= 15 is 0 Å². The van der Waals surface area contributed by atoms with Crippen LogP contribution >= 0.6 is 43.2 Å². The molecule has 1 heterocycles. The standard InChI is InChI=1S/C13H10Br2F3NS/c1-7(12-10(15)4-5-20-12)19-11-6-8(13(16,17)18)2-3-9(11)14/h2-7,19H,1H3. The second-order valence-electron chi connectivity index (χ2n) is 4.19. The Morgan fingerprint density at radius 3 is 2.40 bits per heavy atom. The first-order chi connectivity index (χ1) is 9.29. The van der Waals surface area contributed by atoms with E-state index in [1.54, 1.807) is 11.3 Å².